The van der Waals surface area contributed by atoms with Crippen molar-refractivity contribution in [1.29, 1.82) is 0 Å². The first-order valence-electron chi connectivity index (χ1n) is 8.58. The van der Waals surface area contributed by atoms with Crippen molar-refractivity contribution in [3.05, 3.63) is 58.5 Å². The van der Waals surface area contributed by atoms with Gasteiger partial charge in [0.1, 0.15) is 11.6 Å². The van der Waals surface area contributed by atoms with Gasteiger partial charge in [-0.2, -0.15) is 13.2 Å². The zero-order chi connectivity index (χ0) is 18.7. The molecule has 3 rings (SSSR count). The Bertz CT molecular complexity index is 740. The molecule has 0 atom stereocenters. The first kappa shape index (κ1) is 19.0. The normalized spacial score (nSPS) is 15.9. The largest absolute Gasteiger partial charge is 0.416 e. The predicted molar refractivity (Wildman–Crippen MR) is 93.7 cm³/mol. The fraction of sp³-hybridized carbons (Fsp3) is 0.421. The molecule has 0 aliphatic heterocycles. The van der Waals surface area contributed by atoms with Crippen molar-refractivity contribution in [2.75, 3.05) is 4.90 Å². The van der Waals surface area contributed by atoms with Gasteiger partial charge in [0.25, 0.3) is 0 Å². The van der Waals surface area contributed by atoms with Gasteiger partial charge in [0.15, 0.2) is 0 Å². The number of hydrogen-bond acceptors (Lipinski definition) is 2. The molecule has 1 aromatic carbocycles. The average Bonchev–Trinajstić information content (AvgIpc) is 2.60. The minimum absolute atomic E-state index is 0.162. The average molecular weight is 387 g/mol. The third kappa shape index (κ3) is 4.67. The highest BCUT2D eigenvalue weighted by Gasteiger charge is 2.32. The summed E-state index contributed by atoms with van der Waals surface area (Å²) in [5.74, 6) is -0.249. The maximum absolute atomic E-state index is 13.8. The van der Waals surface area contributed by atoms with E-state index >= 15 is 0 Å². The van der Waals surface area contributed by atoms with E-state index in [1.807, 2.05) is 4.90 Å². The molecule has 1 fully saturated rings. The third-order valence-electron chi connectivity index (χ3n) is 4.66. The van der Waals surface area contributed by atoms with Gasteiger partial charge in [-0.1, -0.05) is 30.9 Å². The number of aromatic nitrogens is 1. The summed E-state index contributed by atoms with van der Waals surface area (Å²) in [6.45, 7) is 0.167. The molecule has 2 aromatic rings. The second-order valence-electron chi connectivity index (χ2n) is 6.60. The molecule has 1 saturated carbocycles. The molecule has 2 nitrogen and oxygen atoms in total. The summed E-state index contributed by atoms with van der Waals surface area (Å²) in [6.07, 6.45) is 2.08. The van der Waals surface area contributed by atoms with Crippen molar-refractivity contribution < 1.29 is 17.6 Å². The van der Waals surface area contributed by atoms with Gasteiger partial charge >= 0.3 is 6.18 Å². The first-order chi connectivity index (χ1) is 12.3. The summed E-state index contributed by atoms with van der Waals surface area (Å²) in [5.41, 5.74) is -0.695. The van der Waals surface area contributed by atoms with Crippen LogP contribution in [0.4, 0.5) is 23.4 Å². The second kappa shape index (κ2) is 7.82. The summed E-state index contributed by atoms with van der Waals surface area (Å²) in [4.78, 5) is 6.28. The number of nitrogens with zero attached hydrogens (tertiary/aromatic N) is 2. The number of benzene rings is 1. The lowest BCUT2D eigenvalue weighted by Gasteiger charge is -2.35. The minimum Gasteiger partial charge on any atom is -0.349 e. The zero-order valence-electron chi connectivity index (χ0n) is 14.1. The van der Waals surface area contributed by atoms with Crippen molar-refractivity contribution in [3.8, 4) is 0 Å². The molecule has 0 unspecified atom stereocenters. The highest BCUT2D eigenvalue weighted by atomic mass is 35.5. The van der Waals surface area contributed by atoms with E-state index in [9.17, 15) is 17.6 Å². The van der Waals surface area contributed by atoms with Gasteiger partial charge < -0.3 is 4.90 Å². The topological polar surface area (TPSA) is 16.1 Å². The second-order valence-corrected chi connectivity index (χ2v) is 7.04. The van der Waals surface area contributed by atoms with E-state index in [0.717, 1.165) is 44.2 Å². The molecule has 0 radical (unpaired) electrons. The third-order valence-corrected chi connectivity index (χ3v) is 4.88. The van der Waals surface area contributed by atoms with Crippen LogP contribution in [0.3, 0.4) is 0 Å². The first-order valence-corrected chi connectivity index (χ1v) is 8.95. The molecule has 26 heavy (non-hydrogen) atoms. The number of rotatable bonds is 4. The van der Waals surface area contributed by atoms with Crippen LogP contribution in [0, 0.1) is 5.82 Å². The van der Waals surface area contributed by atoms with Crippen molar-refractivity contribution in [3.63, 3.8) is 0 Å². The van der Waals surface area contributed by atoms with Crippen LogP contribution in [0.25, 0.3) is 0 Å². The Hall–Kier alpha value is -1.82. The standard InChI is InChI=1S/C19H19ClF4N2/c20-15-6-7-18(25-11-15)26(17-4-2-1-3-5-17)12-13-8-14(19(22,23)24)10-16(21)9-13/h6-11,17H,1-5,12H2. The Labute approximate surface area is 154 Å². The van der Waals surface area contributed by atoms with Crippen LogP contribution in [0.1, 0.15) is 43.2 Å². The quantitative estimate of drug-likeness (QED) is 0.579. The van der Waals surface area contributed by atoms with Gasteiger partial charge in [-0.15, -0.1) is 0 Å². The van der Waals surface area contributed by atoms with Crippen molar-refractivity contribution >= 4 is 17.4 Å². The molecule has 0 spiro atoms. The molecule has 1 aliphatic rings. The Morgan fingerprint density at radius 1 is 1.08 bits per heavy atom. The maximum Gasteiger partial charge on any atom is 0.416 e. The molecular weight excluding hydrogens is 368 g/mol. The lowest BCUT2D eigenvalue weighted by Crippen LogP contribution is -2.37. The summed E-state index contributed by atoms with van der Waals surface area (Å²) in [7, 11) is 0. The Kier molecular flexibility index (Phi) is 5.70. The summed E-state index contributed by atoms with van der Waals surface area (Å²) in [6, 6.07) is 6.30. The molecule has 7 heteroatoms. The monoisotopic (exact) mass is 386 g/mol. The number of halogens is 5. The number of alkyl halides is 3. The van der Waals surface area contributed by atoms with Crippen LogP contribution in [0.5, 0.6) is 0 Å². The van der Waals surface area contributed by atoms with Crippen molar-refractivity contribution in [2.45, 2.75) is 50.9 Å². The van der Waals surface area contributed by atoms with E-state index in [-0.39, 0.29) is 18.2 Å². The summed E-state index contributed by atoms with van der Waals surface area (Å²) in [5, 5.41) is 0.488. The Balaban J connectivity index is 1.92. The van der Waals surface area contributed by atoms with E-state index in [1.54, 1.807) is 12.1 Å². The molecule has 0 saturated heterocycles. The Morgan fingerprint density at radius 2 is 1.81 bits per heavy atom. The van der Waals surface area contributed by atoms with E-state index in [1.165, 1.54) is 6.20 Å². The van der Waals surface area contributed by atoms with Crippen LogP contribution in [-0.4, -0.2) is 11.0 Å². The fourth-order valence-corrected chi connectivity index (χ4v) is 3.54. The van der Waals surface area contributed by atoms with Crippen LogP contribution < -0.4 is 4.90 Å². The van der Waals surface area contributed by atoms with Gasteiger partial charge in [-0.05, 0) is 48.7 Å². The van der Waals surface area contributed by atoms with Gasteiger partial charge in [-0.3, -0.25) is 0 Å². The minimum atomic E-state index is -4.58. The van der Waals surface area contributed by atoms with Gasteiger partial charge in [0.05, 0.1) is 10.6 Å². The molecule has 1 aliphatic carbocycles. The summed E-state index contributed by atoms with van der Waals surface area (Å²) < 4.78 is 52.8. The highest BCUT2D eigenvalue weighted by molar-refractivity contribution is 6.30. The molecule has 1 aromatic heterocycles. The SMILES string of the molecule is Fc1cc(CN(c2ccc(Cl)cn2)C2CCCCC2)cc(C(F)(F)F)c1. The fourth-order valence-electron chi connectivity index (χ4n) is 3.43. The Morgan fingerprint density at radius 3 is 2.42 bits per heavy atom. The zero-order valence-corrected chi connectivity index (χ0v) is 14.8. The van der Waals surface area contributed by atoms with E-state index < -0.39 is 17.6 Å². The lowest BCUT2D eigenvalue weighted by molar-refractivity contribution is -0.137. The van der Waals surface area contributed by atoms with Gasteiger partial charge in [0.2, 0.25) is 0 Å². The van der Waals surface area contributed by atoms with Crippen LogP contribution in [-0.2, 0) is 12.7 Å². The molecule has 0 bridgehead atoms. The van der Waals surface area contributed by atoms with Crippen molar-refractivity contribution in [1.82, 2.24) is 4.98 Å². The van der Waals surface area contributed by atoms with E-state index in [4.69, 9.17) is 11.6 Å². The highest BCUT2D eigenvalue weighted by Crippen LogP contribution is 2.32. The van der Waals surface area contributed by atoms with E-state index in [2.05, 4.69) is 4.98 Å². The van der Waals surface area contributed by atoms with Crippen LogP contribution in [0.2, 0.25) is 5.02 Å². The van der Waals surface area contributed by atoms with Gasteiger partial charge in [0, 0.05) is 18.8 Å². The molecule has 0 N–H and O–H groups in total. The van der Waals surface area contributed by atoms with Crippen molar-refractivity contribution in [2.24, 2.45) is 0 Å². The van der Waals surface area contributed by atoms with E-state index in [0.29, 0.717) is 16.9 Å². The number of anilines is 1. The molecule has 0 amide bonds. The number of pyridine rings is 1. The smallest absolute Gasteiger partial charge is 0.349 e. The molecule has 140 valence electrons. The van der Waals surface area contributed by atoms with Gasteiger partial charge in [-0.25, -0.2) is 9.37 Å². The van der Waals surface area contributed by atoms with Crippen LogP contribution >= 0.6 is 11.6 Å². The molecule has 1 heterocycles. The summed E-state index contributed by atoms with van der Waals surface area (Å²) >= 11 is 5.90. The number of hydrogen-bond donors (Lipinski definition) is 0. The molecular formula is C19H19ClF4N2. The predicted octanol–water partition coefficient (Wildman–Crippen LogP) is 6.23. The lowest BCUT2D eigenvalue weighted by atomic mass is 9.93. The maximum atomic E-state index is 13.8. The van der Waals surface area contributed by atoms with Crippen LogP contribution in [0.15, 0.2) is 36.5 Å².